The molecule has 3 rings (SSSR count). The van der Waals surface area contributed by atoms with Gasteiger partial charge in [0.05, 0.1) is 0 Å². The first-order chi connectivity index (χ1) is 8.78. The second-order valence-electron chi connectivity index (χ2n) is 4.94. The Morgan fingerprint density at radius 1 is 0.667 bits per heavy atom. The maximum Gasteiger partial charge on any atom is 0.0290 e. The third-order valence-electron chi connectivity index (χ3n) is 3.61. The van der Waals surface area contributed by atoms with E-state index in [4.69, 9.17) is 0 Å². The van der Waals surface area contributed by atoms with Crippen molar-refractivity contribution in [2.24, 2.45) is 0 Å². The molecule has 0 atom stereocenters. The zero-order valence-corrected chi connectivity index (χ0v) is 10.5. The molecule has 0 aromatic heterocycles. The Labute approximate surface area is 108 Å². The van der Waals surface area contributed by atoms with Crippen LogP contribution >= 0.6 is 0 Å². The van der Waals surface area contributed by atoms with Crippen LogP contribution in [0.15, 0.2) is 66.7 Å². The largest absolute Gasteiger partial charge is 0.0698 e. The summed E-state index contributed by atoms with van der Waals surface area (Å²) in [5, 5.41) is 0. The van der Waals surface area contributed by atoms with Crippen LogP contribution in [0.3, 0.4) is 0 Å². The average molecular weight is 232 g/mol. The Morgan fingerprint density at radius 3 is 1.72 bits per heavy atom. The van der Waals surface area contributed by atoms with Gasteiger partial charge in [0.25, 0.3) is 0 Å². The smallest absolute Gasteiger partial charge is 0.0290 e. The molecule has 18 heavy (non-hydrogen) atoms. The van der Waals surface area contributed by atoms with Crippen molar-refractivity contribution in [2.75, 3.05) is 0 Å². The van der Waals surface area contributed by atoms with Gasteiger partial charge in [-0.2, -0.15) is 0 Å². The molecule has 0 fully saturated rings. The molecule has 1 aliphatic rings. The average Bonchev–Trinajstić information content (AvgIpc) is 2.61. The van der Waals surface area contributed by atoms with Crippen LogP contribution in [0.5, 0.6) is 0 Å². The number of allylic oxidation sites excluding steroid dienone is 2. The van der Waals surface area contributed by atoms with Crippen molar-refractivity contribution in [1.29, 1.82) is 0 Å². The van der Waals surface area contributed by atoms with Crippen LogP contribution < -0.4 is 0 Å². The number of hydrogen-bond acceptors (Lipinski definition) is 0. The van der Waals surface area contributed by atoms with Gasteiger partial charge in [-0.15, -0.1) is 0 Å². The first-order valence-electron chi connectivity index (χ1n) is 6.31. The molecule has 0 amide bonds. The molecule has 0 bridgehead atoms. The van der Waals surface area contributed by atoms with Crippen LogP contribution in [0.25, 0.3) is 12.2 Å². The van der Waals surface area contributed by atoms with Crippen molar-refractivity contribution in [2.45, 2.75) is 12.3 Å². The highest BCUT2D eigenvalue weighted by atomic mass is 14.2. The molecule has 0 saturated heterocycles. The molecule has 1 aliphatic carbocycles. The Balaban J connectivity index is 2.09. The highest BCUT2D eigenvalue weighted by Crippen LogP contribution is 2.31. The maximum absolute atomic E-state index is 2.28. The molecule has 0 heterocycles. The molecular weight excluding hydrogens is 216 g/mol. The first-order valence-corrected chi connectivity index (χ1v) is 6.31. The third kappa shape index (κ3) is 1.91. The van der Waals surface area contributed by atoms with Gasteiger partial charge in [0.2, 0.25) is 0 Å². The summed E-state index contributed by atoms with van der Waals surface area (Å²) >= 11 is 0. The predicted molar refractivity (Wildman–Crippen MR) is 78.3 cm³/mol. The van der Waals surface area contributed by atoms with E-state index in [2.05, 4.69) is 85.8 Å². The summed E-state index contributed by atoms with van der Waals surface area (Å²) in [6.45, 7) is 2.25. The molecule has 0 unspecified atom stereocenters. The Kier molecular flexibility index (Phi) is 2.64. The maximum atomic E-state index is 2.28. The van der Waals surface area contributed by atoms with Gasteiger partial charge in [0.15, 0.2) is 0 Å². The lowest BCUT2D eigenvalue weighted by atomic mass is 9.82. The Bertz CT molecular complexity index is 570. The summed E-state index contributed by atoms with van der Waals surface area (Å²) in [5.41, 5.74) is 3.87. The molecular formula is C18H16. The van der Waals surface area contributed by atoms with Gasteiger partial charge < -0.3 is 0 Å². The van der Waals surface area contributed by atoms with Crippen LogP contribution in [0, 0.1) is 0 Å². The summed E-state index contributed by atoms with van der Waals surface area (Å²) in [4.78, 5) is 0. The van der Waals surface area contributed by atoms with Gasteiger partial charge in [-0.25, -0.2) is 0 Å². The second-order valence-corrected chi connectivity index (χ2v) is 4.94. The number of hydrogen-bond donors (Lipinski definition) is 0. The molecule has 0 radical (unpaired) electrons. The third-order valence-corrected chi connectivity index (χ3v) is 3.61. The molecule has 2 aromatic carbocycles. The lowest BCUT2D eigenvalue weighted by Gasteiger charge is -2.21. The van der Waals surface area contributed by atoms with Crippen LogP contribution in [0.1, 0.15) is 23.6 Å². The first kappa shape index (κ1) is 11.0. The molecule has 0 heteroatoms. The van der Waals surface area contributed by atoms with Crippen LogP contribution in [0.4, 0.5) is 0 Å². The van der Waals surface area contributed by atoms with Gasteiger partial charge in [-0.1, -0.05) is 78.9 Å². The fraction of sp³-hybridized carbons (Fsp3) is 0.111. The minimum Gasteiger partial charge on any atom is -0.0698 e. The van der Waals surface area contributed by atoms with Crippen LogP contribution in [-0.4, -0.2) is 0 Å². The van der Waals surface area contributed by atoms with Crippen molar-refractivity contribution >= 4 is 12.2 Å². The molecule has 2 aromatic rings. The molecule has 0 nitrogen and oxygen atoms in total. The SMILES string of the molecule is CC1(c2ccccc2)C=Cc2ccccc2C=C1. The monoisotopic (exact) mass is 232 g/mol. The van der Waals surface area contributed by atoms with Gasteiger partial charge in [0.1, 0.15) is 0 Å². The Morgan fingerprint density at radius 2 is 1.17 bits per heavy atom. The molecule has 0 spiro atoms. The van der Waals surface area contributed by atoms with Gasteiger partial charge in [-0.05, 0) is 23.6 Å². The van der Waals surface area contributed by atoms with E-state index in [9.17, 15) is 0 Å². The summed E-state index contributed by atoms with van der Waals surface area (Å²) < 4.78 is 0. The fourth-order valence-electron chi connectivity index (χ4n) is 2.39. The molecule has 0 N–H and O–H groups in total. The van der Waals surface area contributed by atoms with E-state index in [0.29, 0.717) is 0 Å². The highest BCUT2D eigenvalue weighted by Gasteiger charge is 2.21. The van der Waals surface area contributed by atoms with E-state index in [1.807, 2.05) is 0 Å². The topological polar surface area (TPSA) is 0 Å². The van der Waals surface area contributed by atoms with Crippen LogP contribution in [0.2, 0.25) is 0 Å². The van der Waals surface area contributed by atoms with Crippen molar-refractivity contribution in [1.82, 2.24) is 0 Å². The summed E-state index contributed by atoms with van der Waals surface area (Å²) in [6, 6.07) is 19.1. The summed E-state index contributed by atoms with van der Waals surface area (Å²) in [6.07, 6.45) is 9.01. The Hall–Kier alpha value is -2.08. The normalized spacial score (nSPS) is 16.1. The zero-order chi connectivity index (χ0) is 12.4. The molecule has 0 saturated carbocycles. The fourth-order valence-corrected chi connectivity index (χ4v) is 2.39. The molecule has 88 valence electrons. The summed E-state index contributed by atoms with van der Waals surface area (Å²) in [7, 11) is 0. The highest BCUT2D eigenvalue weighted by molar-refractivity contribution is 5.70. The van der Waals surface area contributed by atoms with E-state index in [0.717, 1.165) is 0 Å². The lowest BCUT2D eigenvalue weighted by Crippen LogP contribution is -2.14. The second kappa shape index (κ2) is 4.30. The molecule has 0 aliphatic heterocycles. The van der Waals surface area contributed by atoms with Crippen LogP contribution in [-0.2, 0) is 5.41 Å². The number of fused-ring (bicyclic) bond motifs is 1. The van der Waals surface area contributed by atoms with Crippen molar-refractivity contribution < 1.29 is 0 Å². The number of benzene rings is 2. The van der Waals surface area contributed by atoms with Gasteiger partial charge in [-0.3, -0.25) is 0 Å². The van der Waals surface area contributed by atoms with Gasteiger partial charge in [0, 0.05) is 5.41 Å². The quantitative estimate of drug-likeness (QED) is 0.669. The summed E-state index contributed by atoms with van der Waals surface area (Å²) in [5.74, 6) is 0. The van der Waals surface area contributed by atoms with Crippen molar-refractivity contribution in [3.63, 3.8) is 0 Å². The van der Waals surface area contributed by atoms with E-state index in [1.165, 1.54) is 16.7 Å². The van der Waals surface area contributed by atoms with E-state index < -0.39 is 0 Å². The van der Waals surface area contributed by atoms with E-state index in [-0.39, 0.29) is 5.41 Å². The van der Waals surface area contributed by atoms with Crippen molar-refractivity contribution in [3.05, 3.63) is 83.4 Å². The van der Waals surface area contributed by atoms with E-state index >= 15 is 0 Å². The van der Waals surface area contributed by atoms with E-state index in [1.54, 1.807) is 0 Å². The van der Waals surface area contributed by atoms with Crippen molar-refractivity contribution in [3.8, 4) is 0 Å². The minimum atomic E-state index is -0.0275. The minimum absolute atomic E-state index is 0.0275. The number of rotatable bonds is 1. The zero-order valence-electron chi connectivity index (χ0n) is 10.5. The van der Waals surface area contributed by atoms with Gasteiger partial charge >= 0.3 is 0 Å². The lowest BCUT2D eigenvalue weighted by molar-refractivity contribution is 0.766. The predicted octanol–water partition coefficient (Wildman–Crippen LogP) is 4.68. The standard InChI is InChI=1S/C18H16/c1-18(17-9-3-2-4-10-17)13-11-15-7-5-6-8-16(15)12-14-18/h2-14H,1H3.